The molecule has 1 heterocycles. The van der Waals surface area contributed by atoms with Crippen molar-refractivity contribution in [3.63, 3.8) is 0 Å². The Bertz CT molecular complexity index is 837. The van der Waals surface area contributed by atoms with E-state index in [9.17, 15) is 9.18 Å². The van der Waals surface area contributed by atoms with Crippen molar-refractivity contribution >= 4 is 33.2 Å². The van der Waals surface area contributed by atoms with Gasteiger partial charge in [-0.25, -0.2) is 8.35 Å². The molecule has 0 aliphatic heterocycles. The molecule has 0 fully saturated rings. The molecule has 5 heteroatoms. The van der Waals surface area contributed by atoms with Gasteiger partial charge in [0.25, 0.3) is 5.56 Å². The molecule has 0 saturated heterocycles. The van der Waals surface area contributed by atoms with Gasteiger partial charge in [0, 0.05) is 5.02 Å². The van der Waals surface area contributed by atoms with Crippen LogP contribution in [0.3, 0.4) is 0 Å². The molecule has 3 aromatic rings. The van der Waals surface area contributed by atoms with E-state index in [1.807, 2.05) is 13.0 Å². The predicted molar refractivity (Wildman–Crippen MR) is 77.1 cm³/mol. The highest BCUT2D eigenvalue weighted by molar-refractivity contribution is 7.14. The maximum absolute atomic E-state index is 13.2. The van der Waals surface area contributed by atoms with Crippen LogP contribution in [0.4, 0.5) is 4.39 Å². The minimum absolute atomic E-state index is 0.148. The minimum Gasteiger partial charge on any atom is -0.267 e. The Morgan fingerprint density at radius 2 is 2.05 bits per heavy atom. The van der Waals surface area contributed by atoms with Crippen LogP contribution in [0.2, 0.25) is 5.02 Å². The Morgan fingerprint density at radius 3 is 2.84 bits per heavy atom. The summed E-state index contributed by atoms with van der Waals surface area (Å²) in [6, 6.07) is 9.58. The van der Waals surface area contributed by atoms with Gasteiger partial charge in [-0.15, -0.1) is 0 Å². The van der Waals surface area contributed by atoms with Gasteiger partial charge in [-0.2, -0.15) is 0 Å². The summed E-state index contributed by atoms with van der Waals surface area (Å²) >= 11 is 7.29. The molecular formula is C14H9ClFNOS. The summed E-state index contributed by atoms with van der Waals surface area (Å²) in [5.41, 5.74) is 1.42. The third-order valence-corrected chi connectivity index (χ3v) is 4.50. The van der Waals surface area contributed by atoms with Crippen LogP contribution in [0.1, 0.15) is 5.56 Å². The van der Waals surface area contributed by atoms with Crippen molar-refractivity contribution in [2.24, 2.45) is 0 Å². The van der Waals surface area contributed by atoms with Gasteiger partial charge in [-0.3, -0.25) is 4.79 Å². The van der Waals surface area contributed by atoms with Crippen molar-refractivity contribution in [3.8, 4) is 5.69 Å². The molecule has 0 atom stereocenters. The van der Waals surface area contributed by atoms with Crippen LogP contribution in [0, 0.1) is 12.7 Å². The van der Waals surface area contributed by atoms with Crippen LogP contribution < -0.4 is 5.56 Å². The average Bonchev–Trinajstić information content (AvgIpc) is 2.69. The largest absolute Gasteiger partial charge is 0.273 e. The lowest BCUT2D eigenvalue weighted by atomic mass is 10.2. The number of hydrogen-bond donors (Lipinski definition) is 0. The normalized spacial score (nSPS) is 11.1. The first-order valence-corrected chi connectivity index (χ1v) is 6.80. The van der Waals surface area contributed by atoms with Gasteiger partial charge in [0.05, 0.1) is 15.8 Å². The van der Waals surface area contributed by atoms with Crippen molar-refractivity contribution in [1.82, 2.24) is 3.96 Å². The molecule has 3 rings (SSSR count). The van der Waals surface area contributed by atoms with E-state index in [4.69, 9.17) is 11.6 Å². The zero-order valence-corrected chi connectivity index (χ0v) is 11.6. The highest BCUT2D eigenvalue weighted by Crippen LogP contribution is 2.26. The number of aromatic nitrogens is 1. The average molecular weight is 294 g/mol. The fourth-order valence-corrected chi connectivity index (χ4v) is 3.23. The van der Waals surface area contributed by atoms with Crippen molar-refractivity contribution in [2.75, 3.05) is 0 Å². The topological polar surface area (TPSA) is 22.0 Å². The Morgan fingerprint density at radius 1 is 1.26 bits per heavy atom. The second-order valence-electron chi connectivity index (χ2n) is 4.22. The second-order valence-corrected chi connectivity index (χ2v) is 5.61. The highest BCUT2D eigenvalue weighted by Gasteiger charge is 2.12. The van der Waals surface area contributed by atoms with E-state index < -0.39 is 0 Å². The van der Waals surface area contributed by atoms with E-state index in [1.54, 1.807) is 16.1 Å². The molecule has 1 aromatic heterocycles. The number of fused-ring (bicyclic) bond motifs is 1. The standard InChI is InChI=1S/C14H9ClFNOS/c1-8-11(15)3-2-4-12(8)17-14(18)10-6-5-9(16)7-13(10)19-17/h2-7H,1H3. The SMILES string of the molecule is Cc1c(Cl)cccc1-n1sc2cc(F)ccc2c1=O. The van der Waals surface area contributed by atoms with Crippen LogP contribution in [0.5, 0.6) is 0 Å². The molecule has 0 amide bonds. The monoisotopic (exact) mass is 293 g/mol. The van der Waals surface area contributed by atoms with Gasteiger partial charge >= 0.3 is 0 Å². The van der Waals surface area contributed by atoms with Gasteiger partial charge in [0.2, 0.25) is 0 Å². The molecule has 19 heavy (non-hydrogen) atoms. The smallest absolute Gasteiger partial charge is 0.267 e. The van der Waals surface area contributed by atoms with Gasteiger partial charge in [-0.1, -0.05) is 29.2 Å². The molecule has 0 radical (unpaired) electrons. The molecule has 0 saturated carbocycles. The Balaban J connectivity index is 2.34. The van der Waals surface area contributed by atoms with Gasteiger partial charge in [-0.05, 0) is 42.8 Å². The lowest BCUT2D eigenvalue weighted by Crippen LogP contribution is -2.11. The molecule has 0 N–H and O–H groups in total. The first-order valence-electron chi connectivity index (χ1n) is 5.65. The Kier molecular flexibility index (Phi) is 2.92. The predicted octanol–water partition coefficient (Wildman–Crippen LogP) is 4.15. The van der Waals surface area contributed by atoms with Crippen LogP contribution in [-0.4, -0.2) is 3.96 Å². The summed E-state index contributed by atoms with van der Waals surface area (Å²) in [5, 5.41) is 1.12. The molecule has 2 aromatic carbocycles. The number of rotatable bonds is 1. The molecule has 96 valence electrons. The quantitative estimate of drug-likeness (QED) is 0.660. The van der Waals surface area contributed by atoms with E-state index >= 15 is 0 Å². The first kappa shape index (κ1) is 12.4. The van der Waals surface area contributed by atoms with E-state index in [1.165, 1.54) is 29.7 Å². The number of hydrogen-bond acceptors (Lipinski definition) is 2. The van der Waals surface area contributed by atoms with Crippen LogP contribution in [0.25, 0.3) is 15.8 Å². The van der Waals surface area contributed by atoms with E-state index in [-0.39, 0.29) is 11.4 Å². The molecule has 2 nitrogen and oxygen atoms in total. The number of nitrogens with zero attached hydrogens (tertiary/aromatic N) is 1. The lowest BCUT2D eigenvalue weighted by Gasteiger charge is -2.05. The summed E-state index contributed by atoms with van der Waals surface area (Å²) in [6.07, 6.45) is 0. The summed E-state index contributed by atoms with van der Waals surface area (Å²) in [4.78, 5) is 12.3. The molecule has 0 aliphatic rings. The molecule has 0 bridgehead atoms. The summed E-state index contributed by atoms with van der Waals surface area (Å²) < 4.78 is 15.4. The number of halogens is 2. The maximum Gasteiger partial charge on any atom is 0.273 e. The van der Waals surface area contributed by atoms with Gasteiger partial charge < -0.3 is 0 Å². The third-order valence-electron chi connectivity index (χ3n) is 3.01. The second kappa shape index (κ2) is 4.47. The van der Waals surface area contributed by atoms with Crippen LogP contribution in [0.15, 0.2) is 41.2 Å². The number of benzene rings is 2. The van der Waals surface area contributed by atoms with Crippen LogP contribution in [-0.2, 0) is 0 Å². The summed E-state index contributed by atoms with van der Waals surface area (Å²) in [5.74, 6) is -0.344. The van der Waals surface area contributed by atoms with Crippen molar-refractivity contribution in [1.29, 1.82) is 0 Å². The van der Waals surface area contributed by atoms with Crippen molar-refractivity contribution in [3.05, 3.63) is 63.2 Å². The first-order chi connectivity index (χ1) is 9.08. The Labute approximate surface area is 117 Å². The summed E-state index contributed by atoms with van der Waals surface area (Å²) in [6.45, 7) is 1.86. The lowest BCUT2D eigenvalue weighted by molar-refractivity contribution is 0.630. The van der Waals surface area contributed by atoms with Crippen LogP contribution >= 0.6 is 23.1 Å². The fourth-order valence-electron chi connectivity index (χ4n) is 1.97. The Hall–Kier alpha value is -1.65. The molecular weight excluding hydrogens is 285 g/mol. The maximum atomic E-state index is 13.2. The van der Waals surface area contributed by atoms with Crippen molar-refractivity contribution in [2.45, 2.75) is 6.92 Å². The minimum atomic E-state index is -0.344. The molecule has 0 unspecified atom stereocenters. The molecule has 0 spiro atoms. The fraction of sp³-hybridized carbons (Fsp3) is 0.0714. The van der Waals surface area contributed by atoms with Gasteiger partial charge in [0.15, 0.2) is 0 Å². The zero-order chi connectivity index (χ0) is 13.6. The van der Waals surface area contributed by atoms with E-state index in [0.29, 0.717) is 15.1 Å². The van der Waals surface area contributed by atoms with Gasteiger partial charge in [0.1, 0.15) is 5.82 Å². The van der Waals surface area contributed by atoms with Crippen molar-refractivity contribution < 1.29 is 4.39 Å². The highest BCUT2D eigenvalue weighted by atomic mass is 35.5. The third kappa shape index (κ3) is 1.97. The summed E-state index contributed by atoms with van der Waals surface area (Å²) in [7, 11) is 0. The zero-order valence-electron chi connectivity index (χ0n) is 9.98. The van der Waals surface area contributed by atoms with E-state index in [0.717, 1.165) is 11.3 Å². The van der Waals surface area contributed by atoms with E-state index in [2.05, 4.69) is 0 Å². The molecule has 0 aliphatic carbocycles.